The Balaban J connectivity index is 2.69. The maximum Gasteiger partial charge on any atom is 0.358 e. The summed E-state index contributed by atoms with van der Waals surface area (Å²) >= 11 is 0. The summed E-state index contributed by atoms with van der Waals surface area (Å²) in [6.07, 6.45) is 0.934. The summed E-state index contributed by atoms with van der Waals surface area (Å²) in [5.74, 6) is 0.0249. The Morgan fingerprint density at radius 3 is 2.48 bits per heavy atom. The minimum atomic E-state index is -4.13. The van der Waals surface area contributed by atoms with Gasteiger partial charge in [0.15, 0.2) is 0 Å². The van der Waals surface area contributed by atoms with Gasteiger partial charge in [0.1, 0.15) is 16.8 Å². The van der Waals surface area contributed by atoms with Gasteiger partial charge < -0.3 is 14.9 Å². The Morgan fingerprint density at radius 2 is 1.91 bits per heavy atom. The fraction of sp³-hybridized carbons (Fsp3) is 0.357. The van der Waals surface area contributed by atoms with Crippen LogP contribution in [-0.4, -0.2) is 28.9 Å². The van der Waals surface area contributed by atoms with Crippen LogP contribution in [0.1, 0.15) is 23.9 Å². The molecule has 1 aromatic carbocycles. The Hall–Kier alpha value is -2.42. The van der Waals surface area contributed by atoms with Gasteiger partial charge in [-0.3, -0.25) is 0 Å². The van der Waals surface area contributed by atoms with Gasteiger partial charge in [-0.15, -0.1) is 0 Å². The molecule has 0 unspecified atom stereocenters. The largest absolute Gasteiger partial charge is 0.494 e. The van der Waals surface area contributed by atoms with Crippen molar-refractivity contribution in [2.24, 2.45) is 0 Å². The first-order valence-electron chi connectivity index (χ1n) is 6.88. The Kier molecular flexibility index (Phi) is 4.42. The lowest BCUT2D eigenvalue weighted by molar-refractivity contribution is -0.390. The average Bonchev–Trinajstić information content (AvgIpc) is 2.85. The van der Waals surface area contributed by atoms with Crippen molar-refractivity contribution < 1.29 is 18.1 Å². The average molecular weight is 339 g/mol. The predicted octanol–water partition coefficient (Wildman–Crippen LogP) is 2.35. The second kappa shape index (κ2) is 5.99. The lowest BCUT2D eigenvalue weighted by Crippen LogP contribution is -2.18. The summed E-state index contributed by atoms with van der Waals surface area (Å²) in [5, 5.41) is 11.1. The smallest absolute Gasteiger partial charge is 0.358 e. The van der Waals surface area contributed by atoms with Gasteiger partial charge in [-0.25, -0.2) is 4.98 Å². The van der Waals surface area contributed by atoms with Crippen molar-refractivity contribution in [1.29, 1.82) is 0 Å². The molecule has 0 radical (unpaired) electrons. The topological polar surface area (TPSA) is 104 Å². The van der Waals surface area contributed by atoms with Crippen molar-refractivity contribution >= 4 is 15.8 Å². The van der Waals surface area contributed by atoms with E-state index in [0.717, 1.165) is 6.20 Å². The molecule has 0 saturated heterocycles. The standard InChI is InChI=1S/C14H17N3O5S/c1-5-22-12-6-10(3)13(7-9(12)2)23(20,21)16-11(4)15-8-14(16)17(18)19/h6-8H,5H2,1-4H3. The molecular weight excluding hydrogens is 322 g/mol. The molecule has 0 aliphatic carbocycles. The number of hydrogen-bond acceptors (Lipinski definition) is 6. The highest BCUT2D eigenvalue weighted by atomic mass is 32.2. The van der Waals surface area contributed by atoms with Crippen LogP contribution in [0.15, 0.2) is 23.2 Å². The molecule has 124 valence electrons. The van der Waals surface area contributed by atoms with Gasteiger partial charge in [-0.05, 0) is 49.0 Å². The number of hydrogen-bond donors (Lipinski definition) is 0. The van der Waals surface area contributed by atoms with Crippen LogP contribution < -0.4 is 4.74 Å². The Morgan fingerprint density at radius 1 is 1.26 bits per heavy atom. The zero-order valence-electron chi connectivity index (χ0n) is 13.2. The van der Waals surface area contributed by atoms with Crippen LogP contribution in [0.5, 0.6) is 5.75 Å². The molecule has 0 fully saturated rings. The number of imidazole rings is 1. The maximum atomic E-state index is 12.9. The number of aryl methyl sites for hydroxylation is 3. The van der Waals surface area contributed by atoms with E-state index in [-0.39, 0.29) is 10.7 Å². The van der Waals surface area contributed by atoms with Gasteiger partial charge in [-0.1, -0.05) is 3.97 Å². The quantitative estimate of drug-likeness (QED) is 0.612. The minimum absolute atomic E-state index is 0.0114. The highest BCUT2D eigenvalue weighted by Gasteiger charge is 2.33. The van der Waals surface area contributed by atoms with Crippen LogP contribution in [0.25, 0.3) is 0 Å². The Bertz CT molecular complexity index is 871. The normalized spacial score (nSPS) is 11.5. The first kappa shape index (κ1) is 16.9. The van der Waals surface area contributed by atoms with Crippen molar-refractivity contribution in [3.8, 4) is 5.75 Å². The molecule has 2 aromatic rings. The summed E-state index contributed by atoms with van der Waals surface area (Å²) in [5.41, 5.74) is 1.08. The van der Waals surface area contributed by atoms with E-state index in [1.54, 1.807) is 19.9 Å². The van der Waals surface area contributed by atoms with Crippen LogP contribution in [0.3, 0.4) is 0 Å². The molecule has 23 heavy (non-hydrogen) atoms. The summed E-state index contributed by atoms with van der Waals surface area (Å²) in [7, 11) is -4.13. The van der Waals surface area contributed by atoms with Gasteiger partial charge in [0.2, 0.25) is 5.82 Å². The van der Waals surface area contributed by atoms with Crippen LogP contribution in [0.4, 0.5) is 5.82 Å². The number of rotatable bonds is 5. The molecule has 0 N–H and O–H groups in total. The van der Waals surface area contributed by atoms with Gasteiger partial charge in [-0.2, -0.15) is 8.42 Å². The fourth-order valence-corrected chi connectivity index (χ4v) is 4.03. The fourth-order valence-electron chi connectivity index (χ4n) is 2.29. The third kappa shape index (κ3) is 2.91. The second-order valence-corrected chi connectivity index (χ2v) is 6.76. The van der Waals surface area contributed by atoms with Gasteiger partial charge >= 0.3 is 15.8 Å². The van der Waals surface area contributed by atoms with E-state index in [9.17, 15) is 18.5 Å². The molecule has 0 aliphatic rings. The molecule has 0 bridgehead atoms. The molecule has 1 aromatic heterocycles. The third-order valence-electron chi connectivity index (χ3n) is 3.35. The van der Waals surface area contributed by atoms with E-state index in [1.165, 1.54) is 13.0 Å². The molecule has 0 atom stereocenters. The molecule has 9 heteroatoms. The predicted molar refractivity (Wildman–Crippen MR) is 83.3 cm³/mol. The molecule has 1 heterocycles. The first-order valence-corrected chi connectivity index (χ1v) is 8.32. The molecule has 0 aliphatic heterocycles. The zero-order valence-corrected chi connectivity index (χ0v) is 14.0. The number of nitro groups is 1. The molecular formula is C14H17N3O5S. The Labute approximate surface area is 133 Å². The van der Waals surface area contributed by atoms with Crippen LogP contribution in [0.2, 0.25) is 0 Å². The lowest BCUT2D eigenvalue weighted by atomic mass is 10.1. The number of ether oxygens (including phenoxy) is 1. The second-order valence-electron chi connectivity index (χ2n) is 5.01. The van der Waals surface area contributed by atoms with Gasteiger partial charge in [0, 0.05) is 6.92 Å². The van der Waals surface area contributed by atoms with Crippen molar-refractivity contribution in [3.05, 3.63) is 45.4 Å². The van der Waals surface area contributed by atoms with E-state index in [4.69, 9.17) is 4.74 Å². The van der Waals surface area contributed by atoms with Crippen molar-refractivity contribution in [2.45, 2.75) is 32.6 Å². The number of nitrogens with zero attached hydrogens (tertiary/aromatic N) is 3. The van der Waals surface area contributed by atoms with E-state index in [2.05, 4.69) is 4.98 Å². The summed E-state index contributed by atoms with van der Waals surface area (Å²) in [4.78, 5) is 14.0. The highest BCUT2D eigenvalue weighted by molar-refractivity contribution is 7.90. The van der Waals surface area contributed by atoms with E-state index in [0.29, 0.717) is 27.5 Å². The van der Waals surface area contributed by atoms with Crippen LogP contribution >= 0.6 is 0 Å². The molecule has 0 saturated carbocycles. The van der Waals surface area contributed by atoms with Crippen molar-refractivity contribution in [1.82, 2.24) is 8.96 Å². The molecule has 0 spiro atoms. The molecule has 8 nitrogen and oxygen atoms in total. The van der Waals surface area contributed by atoms with Crippen LogP contribution in [0, 0.1) is 30.9 Å². The minimum Gasteiger partial charge on any atom is -0.494 e. The zero-order chi connectivity index (χ0) is 17.4. The summed E-state index contributed by atoms with van der Waals surface area (Å²) in [6.45, 7) is 7.03. The van der Waals surface area contributed by atoms with Crippen molar-refractivity contribution in [2.75, 3.05) is 6.61 Å². The first-order chi connectivity index (χ1) is 10.7. The van der Waals surface area contributed by atoms with E-state index < -0.39 is 20.8 Å². The summed E-state index contributed by atoms with van der Waals surface area (Å²) in [6, 6.07) is 3.07. The molecule has 2 rings (SSSR count). The molecule has 0 amide bonds. The van der Waals surface area contributed by atoms with Gasteiger partial charge in [0.25, 0.3) is 0 Å². The van der Waals surface area contributed by atoms with E-state index >= 15 is 0 Å². The lowest BCUT2D eigenvalue weighted by Gasteiger charge is -2.12. The van der Waals surface area contributed by atoms with E-state index in [1.807, 2.05) is 6.92 Å². The van der Waals surface area contributed by atoms with Gasteiger partial charge in [0.05, 0.1) is 6.61 Å². The van der Waals surface area contributed by atoms with Crippen LogP contribution in [-0.2, 0) is 10.0 Å². The number of benzene rings is 1. The third-order valence-corrected chi connectivity index (χ3v) is 5.27. The highest BCUT2D eigenvalue weighted by Crippen LogP contribution is 2.29. The monoisotopic (exact) mass is 339 g/mol. The maximum absolute atomic E-state index is 12.9. The number of aromatic nitrogens is 2. The van der Waals surface area contributed by atoms with Crippen molar-refractivity contribution in [3.63, 3.8) is 0 Å². The SMILES string of the molecule is CCOc1cc(C)c(S(=O)(=O)n2c([N+](=O)[O-])cnc2C)cc1C. The summed E-state index contributed by atoms with van der Waals surface area (Å²) < 4.78 is 31.8.